The Morgan fingerprint density at radius 2 is 2.05 bits per heavy atom. The van der Waals surface area contributed by atoms with Crippen molar-refractivity contribution in [3.63, 3.8) is 0 Å². The first-order chi connectivity index (χ1) is 9.56. The summed E-state index contributed by atoms with van der Waals surface area (Å²) in [6.07, 6.45) is 3.11. The van der Waals surface area contributed by atoms with Gasteiger partial charge in [0.2, 0.25) is 0 Å². The van der Waals surface area contributed by atoms with E-state index in [2.05, 4.69) is 12.2 Å². The van der Waals surface area contributed by atoms with Gasteiger partial charge in [0.1, 0.15) is 0 Å². The van der Waals surface area contributed by atoms with Gasteiger partial charge in [0, 0.05) is 12.6 Å². The summed E-state index contributed by atoms with van der Waals surface area (Å²) in [4.78, 5) is 0.405. The fourth-order valence-corrected chi connectivity index (χ4v) is 3.59. The van der Waals surface area contributed by atoms with Crippen molar-refractivity contribution in [3.8, 4) is 0 Å². The smallest absolute Gasteiger partial charge is 0.180 e. The van der Waals surface area contributed by atoms with Crippen LogP contribution >= 0.6 is 0 Å². The molecule has 0 radical (unpaired) electrons. The molecule has 2 rings (SSSR count). The van der Waals surface area contributed by atoms with Crippen LogP contribution < -0.4 is 5.32 Å². The Bertz CT molecular complexity index is 542. The molecule has 0 saturated carbocycles. The van der Waals surface area contributed by atoms with E-state index in [-0.39, 0.29) is 17.9 Å². The number of rotatable bonds is 5. The van der Waals surface area contributed by atoms with E-state index < -0.39 is 9.84 Å². The minimum absolute atomic E-state index is 0.122. The molecule has 0 bridgehead atoms. The standard InChI is InChI=1S/C15H23NO3S/c1-3-13-11-12(9-10-19-13)16-14-7-5-6-8-15(14)20(17,18)4-2/h5-8,12-13,16H,3-4,9-11H2,1-2H3. The molecule has 1 aromatic carbocycles. The van der Waals surface area contributed by atoms with Crippen LogP contribution in [0.15, 0.2) is 29.2 Å². The lowest BCUT2D eigenvalue weighted by Crippen LogP contribution is -2.34. The zero-order chi connectivity index (χ0) is 14.6. The quantitative estimate of drug-likeness (QED) is 0.908. The molecule has 1 N–H and O–H groups in total. The van der Waals surface area contributed by atoms with Gasteiger partial charge < -0.3 is 10.1 Å². The summed E-state index contributed by atoms with van der Waals surface area (Å²) in [6, 6.07) is 7.44. The fraction of sp³-hybridized carbons (Fsp3) is 0.600. The number of ether oxygens (including phenoxy) is 1. The van der Waals surface area contributed by atoms with Crippen LogP contribution in [0.3, 0.4) is 0 Å². The van der Waals surface area contributed by atoms with Crippen LogP contribution in [0.2, 0.25) is 0 Å². The molecule has 112 valence electrons. The Labute approximate surface area is 121 Å². The van der Waals surface area contributed by atoms with Crippen molar-refractivity contribution in [1.82, 2.24) is 0 Å². The van der Waals surface area contributed by atoms with Crippen molar-refractivity contribution in [2.45, 2.75) is 50.2 Å². The van der Waals surface area contributed by atoms with Crippen molar-refractivity contribution in [2.75, 3.05) is 17.7 Å². The summed E-state index contributed by atoms with van der Waals surface area (Å²) in [5.41, 5.74) is 0.719. The SMILES string of the molecule is CCC1CC(Nc2ccccc2S(=O)(=O)CC)CCO1. The Balaban J connectivity index is 2.17. The molecule has 1 saturated heterocycles. The van der Waals surface area contributed by atoms with Crippen molar-refractivity contribution < 1.29 is 13.2 Å². The molecule has 5 heteroatoms. The molecule has 0 aromatic heterocycles. The van der Waals surface area contributed by atoms with E-state index in [0.717, 1.165) is 31.6 Å². The largest absolute Gasteiger partial charge is 0.381 e. The fourth-order valence-electron chi connectivity index (χ4n) is 2.53. The summed E-state index contributed by atoms with van der Waals surface area (Å²) in [5.74, 6) is 0.122. The lowest BCUT2D eigenvalue weighted by molar-refractivity contribution is 0.00922. The average Bonchev–Trinajstić information content (AvgIpc) is 2.48. The Morgan fingerprint density at radius 1 is 1.30 bits per heavy atom. The first kappa shape index (κ1) is 15.3. The normalized spacial score (nSPS) is 23.5. The first-order valence-corrected chi connectivity index (χ1v) is 8.92. The van der Waals surface area contributed by atoms with Gasteiger partial charge in [-0.2, -0.15) is 0 Å². The molecule has 1 aliphatic heterocycles. The highest BCUT2D eigenvalue weighted by atomic mass is 32.2. The predicted octanol–water partition coefficient (Wildman–Crippen LogP) is 2.85. The second-order valence-corrected chi connectivity index (χ2v) is 7.41. The second-order valence-electron chi connectivity index (χ2n) is 5.17. The number of sulfone groups is 1. The molecule has 1 fully saturated rings. The van der Waals surface area contributed by atoms with Crippen molar-refractivity contribution in [1.29, 1.82) is 0 Å². The van der Waals surface area contributed by atoms with Crippen molar-refractivity contribution in [3.05, 3.63) is 24.3 Å². The van der Waals surface area contributed by atoms with Crippen molar-refractivity contribution in [2.24, 2.45) is 0 Å². The maximum absolute atomic E-state index is 12.1. The van der Waals surface area contributed by atoms with E-state index in [0.29, 0.717) is 4.90 Å². The van der Waals surface area contributed by atoms with Gasteiger partial charge in [-0.05, 0) is 31.4 Å². The molecule has 1 aliphatic rings. The molecular weight excluding hydrogens is 274 g/mol. The number of hydrogen-bond donors (Lipinski definition) is 1. The topological polar surface area (TPSA) is 55.4 Å². The number of benzene rings is 1. The van der Waals surface area contributed by atoms with Gasteiger partial charge >= 0.3 is 0 Å². The Hall–Kier alpha value is -1.07. The van der Waals surface area contributed by atoms with E-state index in [1.54, 1.807) is 19.1 Å². The second kappa shape index (κ2) is 6.59. The monoisotopic (exact) mass is 297 g/mol. The van der Waals surface area contributed by atoms with Crippen LogP contribution in [0, 0.1) is 0 Å². The van der Waals surface area contributed by atoms with E-state index in [4.69, 9.17) is 4.74 Å². The third-order valence-corrected chi connectivity index (χ3v) is 5.57. The summed E-state index contributed by atoms with van der Waals surface area (Å²) in [5, 5.41) is 3.40. The minimum Gasteiger partial charge on any atom is -0.381 e. The highest BCUT2D eigenvalue weighted by molar-refractivity contribution is 7.91. The van der Waals surface area contributed by atoms with Gasteiger partial charge in [-0.3, -0.25) is 0 Å². The summed E-state index contributed by atoms with van der Waals surface area (Å²) in [7, 11) is -3.19. The number of anilines is 1. The van der Waals surface area contributed by atoms with Crippen molar-refractivity contribution >= 4 is 15.5 Å². The van der Waals surface area contributed by atoms with E-state index in [1.165, 1.54) is 0 Å². The van der Waals surface area contributed by atoms with E-state index in [1.807, 2.05) is 12.1 Å². The molecule has 20 heavy (non-hydrogen) atoms. The summed E-state index contributed by atoms with van der Waals surface area (Å²) >= 11 is 0. The van der Waals surface area contributed by atoms with Gasteiger partial charge in [-0.1, -0.05) is 26.0 Å². The molecule has 0 aliphatic carbocycles. The first-order valence-electron chi connectivity index (χ1n) is 7.26. The highest BCUT2D eigenvalue weighted by Crippen LogP contribution is 2.26. The Morgan fingerprint density at radius 3 is 2.75 bits per heavy atom. The molecule has 2 atom stereocenters. The number of nitrogens with one attached hydrogen (secondary N) is 1. The van der Waals surface area contributed by atoms with E-state index >= 15 is 0 Å². The maximum atomic E-state index is 12.1. The van der Waals surface area contributed by atoms with Gasteiger partial charge in [0.25, 0.3) is 0 Å². The molecule has 1 heterocycles. The van der Waals surface area contributed by atoms with Crippen LogP contribution in [-0.4, -0.2) is 32.9 Å². The van der Waals surface area contributed by atoms with Crippen LogP contribution in [0.1, 0.15) is 33.1 Å². The molecule has 1 aromatic rings. The molecule has 4 nitrogen and oxygen atoms in total. The number of hydrogen-bond acceptors (Lipinski definition) is 4. The number of para-hydroxylation sites is 1. The molecule has 0 amide bonds. The zero-order valence-electron chi connectivity index (χ0n) is 12.1. The maximum Gasteiger partial charge on any atom is 0.180 e. The lowest BCUT2D eigenvalue weighted by Gasteiger charge is -2.30. The molecular formula is C15H23NO3S. The Kier molecular flexibility index (Phi) is 5.05. The summed E-state index contributed by atoms with van der Waals surface area (Å²) in [6.45, 7) is 4.52. The van der Waals surface area contributed by atoms with Crippen LogP contribution in [0.5, 0.6) is 0 Å². The molecule has 0 spiro atoms. The average molecular weight is 297 g/mol. The lowest BCUT2D eigenvalue weighted by atomic mass is 10.0. The zero-order valence-corrected chi connectivity index (χ0v) is 12.9. The van der Waals surface area contributed by atoms with Gasteiger partial charge in [-0.15, -0.1) is 0 Å². The summed E-state index contributed by atoms with van der Waals surface area (Å²) < 4.78 is 29.9. The predicted molar refractivity (Wildman–Crippen MR) is 80.8 cm³/mol. The van der Waals surface area contributed by atoms with E-state index in [9.17, 15) is 8.42 Å². The minimum atomic E-state index is -3.19. The van der Waals surface area contributed by atoms with Crippen LogP contribution in [-0.2, 0) is 14.6 Å². The molecule has 2 unspecified atom stereocenters. The third kappa shape index (κ3) is 3.52. The van der Waals surface area contributed by atoms with Gasteiger partial charge in [-0.25, -0.2) is 8.42 Å². The van der Waals surface area contributed by atoms with Gasteiger partial charge in [0.05, 0.1) is 22.4 Å². The van der Waals surface area contributed by atoms with Gasteiger partial charge in [0.15, 0.2) is 9.84 Å². The van der Waals surface area contributed by atoms with Crippen LogP contribution in [0.25, 0.3) is 0 Å². The highest BCUT2D eigenvalue weighted by Gasteiger charge is 2.23. The van der Waals surface area contributed by atoms with Crippen LogP contribution in [0.4, 0.5) is 5.69 Å². The third-order valence-electron chi connectivity index (χ3n) is 3.78.